The van der Waals surface area contributed by atoms with E-state index in [-0.39, 0.29) is 17.4 Å². The molecule has 0 saturated carbocycles. The number of benzene rings is 2. The molecule has 1 heterocycles. The summed E-state index contributed by atoms with van der Waals surface area (Å²) in [7, 11) is 0. The number of Topliss-reactive ketones (excluding diaryl/α,β-unsaturated/α-hetero) is 1. The molecule has 3 rings (SSSR count). The standard InChI is InChI=1S/C22H18ClN3O2S/c1-15(27)16-4-2-6-19(12-16)26-21(28)14-29-20-9-7-18(8-10-20)25-13-17-5-3-11-24-22(17)23/h2-13H,14H2,1H3,(H,26,28). The molecular weight excluding hydrogens is 406 g/mol. The predicted molar refractivity (Wildman–Crippen MR) is 119 cm³/mol. The fourth-order valence-corrected chi connectivity index (χ4v) is 3.30. The number of ketones is 1. The summed E-state index contributed by atoms with van der Waals surface area (Å²) in [5.41, 5.74) is 2.71. The summed E-state index contributed by atoms with van der Waals surface area (Å²) in [6, 6.07) is 18.1. The smallest absolute Gasteiger partial charge is 0.234 e. The van der Waals surface area contributed by atoms with Crippen molar-refractivity contribution in [2.24, 2.45) is 4.99 Å². The van der Waals surface area contributed by atoms with Gasteiger partial charge in [-0.15, -0.1) is 11.8 Å². The molecule has 0 radical (unpaired) electrons. The number of pyridine rings is 1. The van der Waals surface area contributed by atoms with E-state index >= 15 is 0 Å². The van der Waals surface area contributed by atoms with Gasteiger partial charge in [0, 0.05) is 34.1 Å². The van der Waals surface area contributed by atoms with Crippen molar-refractivity contribution in [1.29, 1.82) is 0 Å². The zero-order valence-electron chi connectivity index (χ0n) is 15.6. The Labute approximate surface area is 178 Å². The second kappa shape index (κ2) is 10.0. The summed E-state index contributed by atoms with van der Waals surface area (Å²) >= 11 is 7.43. The largest absolute Gasteiger partial charge is 0.325 e. The molecule has 2 aromatic carbocycles. The number of hydrogen-bond donors (Lipinski definition) is 1. The van der Waals surface area contributed by atoms with Gasteiger partial charge in [-0.2, -0.15) is 0 Å². The van der Waals surface area contributed by atoms with E-state index in [2.05, 4.69) is 15.3 Å². The summed E-state index contributed by atoms with van der Waals surface area (Å²) in [5.74, 6) is 0.0890. The van der Waals surface area contributed by atoms with Crippen LogP contribution >= 0.6 is 23.4 Å². The number of anilines is 1. The topological polar surface area (TPSA) is 71.4 Å². The van der Waals surface area contributed by atoms with Gasteiger partial charge < -0.3 is 5.32 Å². The van der Waals surface area contributed by atoms with Crippen molar-refractivity contribution < 1.29 is 9.59 Å². The third-order valence-electron chi connectivity index (χ3n) is 3.90. The van der Waals surface area contributed by atoms with Crippen molar-refractivity contribution in [3.05, 3.63) is 83.1 Å². The van der Waals surface area contributed by atoms with Gasteiger partial charge in [0.15, 0.2) is 5.78 Å². The van der Waals surface area contributed by atoms with Crippen LogP contribution in [0.2, 0.25) is 5.15 Å². The lowest BCUT2D eigenvalue weighted by atomic mass is 10.1. The normalized spacial score (nSPS) is 10.8. The molecule has 5 nitrogen and oxygen atoms in total. The van der Waals surface area contributed by atoms with Crippen molar-refractivity contribution in [3.63, 3.8) is 0 Å². The summed E-state index contributed by atoms with van der Waals surface area (Å²) in [6.45, 7) is 1.50. The third-order valence-corrected chi connectivity index (χ3v) is 5.23. The first-order valence-electron chi connectivity index (χ1n) is 8.79. The molecule has 0 unspecified atom stereocenters. The highest BCUT2D eigenvalue weighted by molar-refractivity contribution is 8.00. The minimum Gasteiger partial charge on any atom is -0.325 e. The number of aliphatic imine (C=N–C) groups is 1. The molecule has 0 spiro atoms. The maximum absolute atomic E-state index is 12.2. The molecule has 1 aromatic heterocycles. The Kier molecular flexibility index (Phi) is 7.16. The molecule has 0 bridgehead atoms. The van der Waals surface area contributed by atoms with E-state index < -0.39 is 0 Å². The summed E-state index contributed by atoms with van der Waals surface area (Å²) in [6.07, 6.45) is 3.29. The quantitative estimate of drug-likeness (QED) is 0.238. The molecule has 0 aliphatic heterocycles. The highest BCUT2D eigenvalue weighted by Crippen LogP contribution is 2.22. The second-order valence-corrected chi connectivity index (χ2v) is 7.52. The summed E-state index contributed by atoms with van der Waals surface area (Å²) in [5, 5.41) is 3.21. The van der Waals surface area contributed by atoms with Crippen LogP contribution < -0.4 is 5.32 Å². The van der Waals surface area contributed by atoms with Gasteiger partial charge in [-0.1, -0.05) is 23.7 Å². The lowest BCUT2D eigenvalue weighted by molar-refractivity contribution is -0.113. The third kappa shape index (κ3) is 6.27. The molecule has 0 atom stereocenters. The Morgan fingerprint density at radius 1 is 1.14 bits per heavy atom. The minimum atomic E-state index is -0.135. The van der Waals surface area contributed by atoms with Crippen LogP contribution in [0.5, 0.6) is 0 Å². The van der Waals surface area contributed by atoms with E-state index in [1.54, 1.807) is 42.7 Å². The Hall–Kier alpha value is -2.96. The van der Waals surface area contributed by atoms with Gasteiger partial charge in [0.2, 0.25) is 5.91 Å². The van der Waals surface area contributed by atoms with Crippen molar-refractivity contribution in [3.8, 4) is 0 Å². The molecule has 29 heavy (non-hydrogen) atoms. The van der Waals surface area contributed by atoms with Crippen LogP contribution in [-0.2, 0) is 4.79 Å². The first kappa shape index (κ1) is 20.8. The van der Waals surface area contributed by atoms with E-state index in [9.17, 15) is 9.59 Å². The molecular formula is C22H18ClN3O2S. The van der Waals surface area contributed by atoms with E-state index in [4.69, 9.17) is 11.6 Å². The Morgan fingerprint density at radius 3 is 2.66 bits per heavy atom. The van der Waals surface area contributed by atoms with Crippen molar-refractivity contribution in [2.45, 2.75) is 11.8 Å². The maximum Gasteiger partial charge on any atom is 0.234 e. The minimum absolute atomic E-state index is 0.0379. The average Bonchev–Trinajstić information content (AvgIpc) is 2.72. The molecule has 0 aliphatic rings. The van der Waals surface area contributed by atoms with E-state index in [0.29, 0.717) is 16.4 Å². The molecule has 0 aliphatic carbocycles. The van der Waals surface area contributed by atoms with Crippen molar-refractivity contribution >= 4 is 52.6 Å². The van der Waals surface area contributed by atoms with Crippen molar-refractivity contribution in [2.75, 3.05) is 11.1 Å². The first-order valence-corrected chi connectivity index (χ1v) is 10.2. The van der Waals surface area contributed by atoms with Gasteiger partial charge in [-0.05, 0) is 55.5 Å². The van der Waals surface area contributed by atoms with Crippen LogP contribution in [0.4, 0.5) is 11.4 Å². The Morgan fingerprint density at radius 2 is 1.93 bits per heavy atom. The van der Waals surface area contributed by atoms with Gasteiger partial charge in [-0.3, -0.25) is 14.6 Å². The van der Waals surface area contributed by atoms with Gasteiger partial charge >= 0.3 is 0 Å². The summed E-state index contributed by atoms with van der Waals surface area (Å²) in [4.78, 5) is 32.9. The molecule has 1 amide bonds. The van der Waals surface area contributed by atoms with E-state index in [1.807, 2.05) is 30.3 Å². The number of carbonyl (C=O) groups excluding carboxylic acids is 2. The number of carbonyl (C=O) groups is 2. The number of hydrogen-bond acceptors (Lipinski definition) is 5. The number of halogens is 1. The Balaban J connectivity index is 1.53. The molecule has 146 valence electrons. The molecule has 7 heteroatoms. The lowest BCUT2D eigenvalue weighted by Gasteiger charge is -2.06. The highest BCUT2D eigenvalue weighted by Gasteiger charge is 2.06. The number of aromatic nitrogens is 1. The maximum atomic E-state index is 12.2. The zero-order valence-corrected chi connectivity index (χ0v) is 17.2. The number of amides is 1. The number of nitrogens with one attached hydrogen (secondary N) is 1. The SMILES string of the molecule is CC(=O)c1cccc(NC(=O)CSc2ccc(N=Cc3cccnc3Cl)cc2)c1. The van der Waals surface area contributed by atoms with Gasteiger partial charge in [-0.25, -0.2) is 4.98 Å². The monoisotopic (exact) mass is 423 g/mol. The van der Waals surface area contributed by atoms with Crippen LogP contribution in [0.25, 0.3) is 0 Å². The first-order chi connectivity index (χ1) is 14.0. The second-order valence-electron chi connectivity index (χ2n) is 6.11. The van der Waals surface area contributed by atoms with Crippen LogP contribution in [0, 0.1) is 0 Å². The molecule has 0 fully saturated rings. The lowest BCUT2D eigenvalue weighted by Crippen LogP contribution is -2.14. The summed E-state index contributed by atoms with van der Waals surface area (Å²) < 4.78 is 0. The van der Waals surface area contributed by atoms with Crippen LogP contribution in [-0.4, -0.2) is 28.6 Å². The Bertz CT molecular complexity index is 1050. The van der Waals surface area contributed by atoms with E-state index in [0.717, 1.165) is 16.1 Å². The molecule has 1 N–H and O–H groups in total. The van der Waals surface area contributed by atoms with Gasteiger partial charge in [0.25, 0.3) is 0 Å². The van der Waals surface area contributed by atoms with Gasteiger partial charge in [0.05, 0.1) is 11.4 Å². The van der Waals surface area contributed by atoms with E-state index in [1.165, 1.54) is 18.7 Å². The predicted octanol–water partition coefficient (Wildman–Crippen LogP) is 5.42. The zero-order chi connectivity index (χ0) is 20.6. The highest BCUT2D eigenvalue weighted by atomic mass is 35.5. The average molecular weight is 424 g/mol. The van der Waals surface area contributed by atoms with Crippen LogP contribution in [0.15, 0.2) is 76.7 Å². The van der Waals surface area contributed by atoms with Crippen LogP contribution in [0.3, 0.4) is 0 Å². The van der Waals surface area contributed by atoms with Gasteiger partial charge in [0.1, 0.15) is 5.15 Å². The molecule has 3 aromatic rings. The fourth-order valence-electron chi connectivity index (χ4n) is 2.43. The van der Waals surface area contributed by atoms with Crippen molar-refractivity contribution in [1.82, 2.24) is 4.98 Å². The number of nitrogens with zero attached hydrogens (tertiary/aromatic N) is 2. The number of rotatable bonds is 7. The molecule has 0 saturated heterocycles. The van der Waals surface area contributed by atoms with Crippen LogP contribution in [0.1, 0.15) is 22.8 Å². The number of thioether (sulfide) groups is 1. The fraction of sp³-hybridized carbons (Fsp3) is 0.0909.